The van der Waals surface area contributed by atoms with Crippen molar-refractivity contribution in [2.45, 2.75) is 32.8 Å². The molecule has 0 saturated carbocycles. The third-order valence-electron chi connectivity index (χ3n) is 7.00. The van der Waals surface area contributed by atoms with E-state index in [2.05, 4.69) is 4.99 Å². The lowest BCUT2D eigenvalue weighted by molar-refractivity contribution is 0.0729. The van der Waals surface area contributed by atoms with Crippen LogP contribution in [0.2, 0.25) is 0 Å². The van der Waals surface area contributed by atoms with E-state index in [1.165, 1.54) is 0 Å². The van der Waals surface area contributed by atoms with E-state index >= 15 is 0 Å². The molecule has 1 amide bonds. The lowest BCUT2D eigenvalue weighted by Crippen LogP contribution is -2.30. The van der Waals surface area contributed by atoms with Crippen molar-refractivity contribution in [3.63, 3.8) is 0 Å². The first-order valence-electron chi connectivity index (χ1n) is 14.5. The number of nitrogens with zero attached hydrogens (tertiary/aromatic N) is 2. The first kappa shape index (κ1) is 29.9. The smallest absolute Gasteiger partial charge is 0.254 e. The molecule has 0 spiro atoms. The lowest BCUT2D eigenvalue weighted by Gasteiger charge is -2.24. The number of nitrogens with two attached hydrogens (primary N) is 2. The Labute approximate surface area is 258 Å². The molecule has 0 radical (unpaired) electrons. The molecule has 4 N–H and O–H groups in total. The van der Waals surface area contributed by atoms with Crippen LogP contribution < -0.4 is 20.9 Å². The van der Waals surface area contributed by atoms with Gasteiger partial charge in [-0.1, -0.05) is 109 Å². The Balaban J connectivity index is 1.39. The molecule has 7 heteroatoms. The van der Waals surface area contributed by atoms with Crippen LogP contribution in [0.25, 0.3) is 0 Å². The van der Waals surface area contributed by atoms with Crippen molar-refractivity contribution in [3.05, 3.63) is 167 Å². The number of guanidine groups is 1. The monoisotopic (exact) mass is 584 g/mol. The molecule has 0 heterocycles. The van der Waals surface area contributed by atoms with Crippen LogP contribution in [0.5, 0.6) is 11.5 Å². The van der Waals surface area contributed by atoms with Crippen molar-refractivity contribution in [1.82, 2.24) is 4.90 Å². The number of rotatable bonds is 13. The molecule has 0 aliphatic carbocycles. The molecule has 0 aliphatic rings. The topological polar surface area (TPSA) is 103 Å². The predicted octanol–water partition coefficient (Wildman–Crippen LogP) is 6.46. The fourth-order valence-corrected chi connectivity index (χ4v) is 4.69. The van der Waals surface area contributed by atoms with Crippen LogP contribution >= 0.6 is 0 Å². The van der Waals surface area contributed by atoms with Gasteiger partial charge in [-0.15, -0.1) is 0 Å². The number of carbonyl (C=O) groups excluding carboxylic acids is 1. The van der Waals surface area contributed by atoms with Gasteiger partial charge in [0.15, 0.2) is 17.5 Å². The molecule has 0 saturated heterocycles. The van der Waals surface area contributed by atoms with E-state index in [0.717, 1.165) is 27.8 Å². The Bertz CT molecular complexity index is 1650. The molecular weight excluding hydrogens is 548 g/mol. The summed E-state index contributed by atoms with van der Waals surface area (Å²) in [6.07, 6.45) is 0. The van der Waals surface area contributed by atoms with Crippen molar-refractivity contribution in [2.24, 2.45) is 16.5 Å². The van der Waals surface area contributed by atoms with Gasteiger partial charge in [-0.3, -0.25) is 4.79 Å². The van der Waals surface area contributed by atoms with E-state index in [-0.39, 0.29) is 11.9 Å². The number of aliphatic imine (C=N–C) groups is 1. The van der Waals surface area contributed by atoms with Gasteiger partial charge in [0.25, 0.3) is 5.91 Å². The van der Waals surface area contributed by atoms with Crippen molar-refractivity contribution in [2.75, 3.05) is 0 Å². The lowest BCUT2D eigenvalue weighted by atomic mass is 10.1. The van der Waals surface area contributed by atoms with Crippen LogP contribution in [0, 0.1) is 0 Å². The van der Waals surface area contributed by atoms with Gasteiger partial charge in [-0.05, 0) is 52.1 Å². The highest BCUT2D eigenvalue weighted by Gasteiger charge is 2.18. The summed E-state index contributed by atoms with van der Waals surface area (Å²) in [4.78, 5) is 19.7. The van der Waals surface area contributed by atoms with Gasteiger partial charge >= 0.3 is 0 Å². The second-order valence-corrected chi connectivity index (χ2v) is 10.4. The van der Waals surface area contributed by atoms with Crippen LogP contribution in [0.15, 0.2) is 138 Å². The summed E-state index contributed by atoms with van der Waals surface area (Å²) in [5.41, 5.74) is 16.6. The number of hydrogen-bond acceptors (Lipinski definition) is 4. The Hall–Kier alpha value is -5.56. The Morgan fingerprint density at radius 2 is 1.07 bits per heavy atom. The molecule has 7 nitrogen and oxygen atoms in total. The zero-order valence-electron chi connectivity index (χ0n) is 24.5. The first-order chi connectivity index (χ1) is 21.5. The van der Waals surface area contributed by atoms with Crippen LogP contribution in [0.3, 0.4) is 0 Å². The maximum absolute atomic E-state index is 13.7. The Morgan fingerprint density at radius 1 is 0.568 bits per heavy atom. The summed E-state index contributed by atoms with van der Waals surface area (Å²) in [7, 11) is 0. The third kappa shape index (κ3) is 8.72. The van der Waals surface area contributed by atoms with E-state index < -0.39 is 0 Å². The average molecular weight is 585 g/mol. The number of hydrogen-bond donors (Lipinski definition) is 2. The van der Waals surface area contributed by atoms with E-state index in [0.29, 0.717) is 49.9 Å². The normalized spacial score (nSPS) is 10.5. The van der Waals surface area contributed by atoms with E-state index in [4.69, 9.17) is 20.9 Å². The maximum atomic E-state index is 13.7. The standard InChI is InChI=1S/C37H36N4O3/c38-37(39)40-23-28-16-18-29(19-17-28)24-41(36(42)33-14-8-3-9-15-33)25-32-20-21-34(43-26-30-10-4-1-5-11-30)35(22-32)44-27-31-12-6-2-7-13-31/h1-22H,23-27H2,(H4,38,39,40). The van der Waals surface area contributed by atoms with Crippen molar-refractivity contribution >= 4 is 11.9 Å². The average Bonchev–Trinajstić information content (AvgIpc) is 3.07. The quantitative estimate of drug-likeness (QED) is 0.122. The molecular formula is C37H36N4O3. The number of amides is 1. The van der Waals surface area contributed by atoms with Gasteiger partial charge < -0.3 is 25.8 Å². The van der Waals surface area contributed by atoms with E-state index in [9.17, 15) is 4.79 Å². The van der Waals surface area contributed by atoms with Gasteiger partial charge in [0.1, 0.15) is 13.2 Å². The predicted molar refractivity (Wildman–Crippen MR) is 174 cm³/mol. The van der Waals surface area contributed by atoms with Crippen molar-refractivity contribution in [3.8, 4) is 11.5 Å². The second kappa shape index (κ2) is 15.1. The van der Waals surface area contributed by atoms with Gasteiger partial charge in [-0.25, -0.2) is 4.99 Å². The molecule has 222 valence electrons. The van der Waals surface area contributed by atoms with Crippen molar-refractivity contribution < 1.29 is 14.3 Å². The van der Waals surface area contributed by atoms with Gasteiger partial charge in [0, 0.05) is 18.7 Å². The summed E-state index contributed by atoms with van der Waals surface area (Å²) in [5.74, 6) is 1.26. The van der Waals surface area contributed by atoms with Gasteiger partial charge in [-0.2, -0.15) is 0 Å². The first-order valence-corrected chi connectivity index (χ1v) is 14.5. The summed E-state index contributed by atoms with van der Waals surface area (Å²) < 4.78 is 12.5. The highest BCUT2D eigenvalue weighted by atomic mass is 16.5. The zero-order chi connectivity index (χ0) is 30.6. The fourth-order valence-electron chi connectivity index (χ4n) is 4.69. The van der Waals surface area contributed by atoms with E-state index in [1.54, 1.807) is 0 Å². The number of ether oxygens (including phenoxy) is 2. The minimum atomic E-state index is -0.0636. The molecule has 0 atom stereocenters. The summed E-state index contributed by atoms with van der Waals surface area (Å²) in [5, 5.41) is 0. The molecule has 0 fully saturated rings. The zero-order valence-corrected chi connectivity index (χ0v) is 24.5. The molecule has 5 rings (SSSR count). The van der Waals surface area contributed by atoms with Crippen LogP contribution in [0.4, 0.5) is 0 Å². The second-order valence-electron chi connectivity index (χ2n) is 10.4. The highest BCUT2D eigenvalue weighted by molar-refractivity contribution is 5.94. The highest BCUT2D eigenvalue weighted by Crippen LogP contribution is 2.31. The van der Waals surface area contributed by atoms with Crippen LogP contribution in [0.1, 0.15) is 38.2 Å². The number of carbonyl (C=O) groups is 1. The molecule has 0 aromatic heterocycles. The van der Waals surface area contributed by atoms with Gasteiger partial charge in [0.05, 0.1) is 6.54 Å². The summed E-state index contributed by atoms with van der Waals surface area (Å²) >= 11 is 0. The SMILES string of the molecule is NC(N)=NCc1ccc(CN(Cc2ccc(OCc3ccccc3)c(OCc3ccccc3)c2)C(=O)c2ccccc2)cc1. The minimum absolute atomic E-state index is 0.0531. The Morgan fingerprint density at radius 3 is 1.66 bits per heavy atom. The summed E-state index contributed by atoms with van der Waals surface area (Å²) in [6.45, 7) is 2.01. The van der Waals surface area contributed by atoms with Crippen LogP contribution in [-0.4, -0.2) is 16.8 Å². The molecule has 0 aliphatic heterocycles. The van der Waals surface area contributed by atoms with Crippen LogP contribution in [-0.2, 0) is 32.8 Å². The van der Waals surface area contributed by atoms with Crippen molar-refractivity contribution in [1.29, 1.82) is 0 Å². The van der Waals surface area contributed by atoms with E-state index in [1.807, 2.05) is 138 Å². The molecule has 5 aromatic rings. The molecule has 0 bridgehead atoms. The molecule has 5 aromatic carbocycles. The maximum Gasteiger partial charge on any atom is 0.254 e. The Kier molecular flexibility index (Phi) is 10.2. The minimum Gasteiger partial charge on any atom is -0.485 e. The number of benzene rings is 5. The molecule has 0 unspecified atom stereocenters. The largest absolute Gasteiger partial charge is 0.485 e. The summed E-state index contributed by atoms with van der Waals surface area (Å²) in [6, 6.07) is 43.2. The third-order valence-corrected chi connectivity index (χ3v) is 7.00. The fraction of sp³-hybridized carbons (Fsp3) is 0.135. The van der Waals surface area contributed by atoms with Gasteiger partial charge in [0.2, 0.25) is 0 Å². The molecule has 44 heavy (non-hydrogen) atoms.